The number of nitrogens with one attached hydrogen (secondary N) is 1. The van der Waals surface area contributed by atoms with Crippen LogP contribution >= 0.6 is 0 Å². The van der Waals surface area contributed by atoms with Crippen LogP contribution in [0.2, 0.25) is 0 Å². The number of aldehydes is 1. The maximum absolute atomic E-state index is 11.8. The Kier molecular flexibility index (Phi) is 2.82. The zero-order valence-electron chi connectivity index (χ0n) is 9.56. The van der Waals surface area contributed by atoms with E-state index in [-0.39, 0.29) is 11.1 Å². The number of methoxy groups -OCH3 is 1. The summed E-state index contributed by atoms with van der Waals surface area (Å²) < 4.78 is 6.36. The van der Waals surface area contributed by atoms with Crippen molar-refractivity contribution in [2.24, 2.45) is 0 Å². The first-order valence-electron chi connectivity index (χ1n) is 5.08. The first kappa shape index (κ1) is 11.2. The van der Waals surface area contributed by atoms with Gasteiger partial charge in [0.2, 0.25) is 0 Å². The summed E-state index contributed by atoms with van der Waals surface area (Å²) in [5, 5.41) is 2.85. The Morgan fingerprint density at radius 1 is 1.29 bits per heavy atom. The lowest BCUT2D eigenvalue weighted by Crippen LogP contribution is -2.16. The molecule has 0 bridgehead atoms. The topological polar surface area (TPSA) is 64.1 Å². The van der Waals surface area contributed by atoms with Crippen LogP contribution in [-0.4, -0.2) is 23.2 Å². The van der Waals surface area contributed by atoms with Gasteiger partial charge < -0.3 is 4.74 Å². The fourth-order valence-electron chi connectivity index (χ4n) is 1.61. The van der Waals surface area contributed by atoms with Crippen LogP contribution in [-0.2, 0) is 0 Å². The largest absolute Gasteiger partial charge is 0.497 e. The van der Waals surface area contributed by atoms with Gasteiger partial charge in [-0.3, -0.25) is 14.7 Å². The number of aromatic amines is 1. The lowest BCUT2D eigenvalue weighted by molar-refractivity contribution is 0.112. The van der Waals surface area contributed by atoms with Gasteiger partial charge >= 0.3 is 0 Å². The van der Waals surface area contributed by atoms with Gasteiger partial charge in [-0.1, -0.05) is 0 Å². The minimum atomic E-state index is -0.345. The van der Waals surface area contributed by atoms with Gasteiger partial charge in [0.05, 0.1) is 12.8 Å². The summed E-state index contributed by atoms with van der Waals surface area (Å²) >= 11 is 0. The highest BCUT2D eigenvalue weighted by Crippen LogP contribution is 2.13. The van der Waals surface area contributed by atoms with Crippen molar-refractivity contribution in [2.75, 3.05) is 7.11 Å². The summed E-state index contributed by atoms with van der Waals surface area (Å²) in [4.78, 5) is 22.6. The van der Waals surface area contributed by atoms with Crippen LogP contribution in [0.4, 0.5) is 0 Å². The van der Waals surface area contributed by atoms with Crippen molar-refractivity contribution in [3.8, 4) is 11.4 Å². The molecule has 0 radical (unpaired) electrons. The van der Waals surface area contributed by atoms with Crippen molar-refractivity contribution < 1.29 is 9.53 Å². The van der Waals surface area contributed by atoms with Gasteiger partial charge in [0.25, 0.3) is 5.56 Å². The molecule has 17 heavy (non-hydrogen) atoms. The minimum absolute atomic E-state index is 0.154. The lowest BCUT2D eigenvalue weighted by Gasteiger charge is -2.03. The predicted octanol–water partition coefficient (Wildman–Crippen LogP) is 1.30. The number of H-pyrrole nitrogens is 1. The van der Waals surface area contributed by atoms with Crippen molar-refractivity contribution in [1.82, 2.24) is 9.78 Å². The highest BCUT2D eigenvalue weighted by molar-refractivity contribution is 5.75. The monoisotopic (exact) mass is 232 g/mol. The molecule has 0 aliphatic carbocycles. The second-order valence-electron chi connectivity index (χ2n) is 3.61. The number of carbonyl (C=O) groups is 1. The van der Waals surface area contributed by atoms with E-state index < -0.39 is 0 Å². The molecule has 0 aliphatic rings. The third-order valence-corrected chi connectivity index (χ3v) is 2.57. The molecule has 0 spiro atoms. The molecule has 88 valence electrons. The summed E-state index contributed by atoms with van der Waals surface area (Å²) in [6, 6.07) is 6.98. The summed E-state index contributed by atoms with van der Waals surface area (Å²) in [5.74, 6) is 0.709. The summed E-state index contributed by atoms with van der Waals surface area (Å²) in [7, 11) is 1.57. The molecule has 5 nitrogen and oxygen atoms in total. The number of aromatic nitrogens is 2. The van der Waals surface area contributed by atoms with E-state index in [1.807, 2.05) is 0 Å². The molecule has 2 aromatic rings. The van der Waals surface area contributed by atoms with E-state index in [0.29, 0.717) is 23.4 Å². The van der Waals surface area contributed by atoms with Crippen LogP contribution in [0.3, 0.4) is 0 Å². The first-order valence-corrected chi connectivity index (χ1v) is 5.08. The summed E-state index contributed by atoms with van der Waals surface area (Å²) in [6.45, 7) is 1.69. The third-order valence-electron chi connectivity index (χ3n) is 2.57. The third kappa shape index (κ3) is 1.87. The molecule has 1 aromatic heterocycles. The molecule has 2 rings (SSSR count). The van der Waals surface area contributed by atoms with Gasteiger partial charge in [0.1, 0.15) is 11.3 Å². The molecule has 0 saturated heterocycles. The van der Waals surface area contributed by atoms with Crippen LogP contribution in [0.1, 0.15) is 16.1 Å². The number of benzene rings is 1. The van der Waals surface area contributed by atoms with Gasteiger partial charge in [-0.2, -0.15) is 0 Å². The van der Waals surface area contributed by atoms with Gasteiger partial charge in [0.15, 0.2) is 6.29 Å². The van der Waals surface area contributed by atoms with Crippen molar-refractivity contribution in [3.05, 3.63) is 45.9 Å². The Morgan fingerprint density at radius 3 is 2.41 bits per heavy atom. The van der Waals surface area contributed by atoms with Crippen molar-refractivity contribution in [1.29, 1.82) is 0 Å². The van der Waals surface area contributed by atoms with Crippen molar-refractivity contribution in [3.63, 3.8) is 0 Å². The Balaban J connectivity index is 2.53. The van der Waals surface area contributed by atoms with Crippen molar-refractivity contribution >= 4 is 6.29 Å². The van der Waals surface area contributed by atoms with Gasteiger partial charge in [-0.25, -0.2) is 4.68 Å². The fraction of sp³-hybridized carbons (Fsp3) is 0.167. The minimum Gasteiger partial charge on any atom is -0.497 e. The molecule has 1 aromatic carbocycles. The molecule has 0 aliphatic heterocycles. The number of ether oxygens (including phenoxy) is 1. The fourth-order valence-corrected chi connectivity index (χ4v) is 1.61. The molecule has 0 atom stereocenters. The quantitative estimate of drug-likeness (QED) is 0.811. The normalized spacial score (nSPS) is 10.2. The molecule has 0 unspecified atom stereocenters. The highest BCUT2D eigenvalue weighted by Gasteiger charge is 2.10. The molecule has 5 heteroatoms. The average Bonchev–Trinajstić information content (AvgIpc) is 2.64. The number of hydrogen-bond donors (Lipinski definition) is 1. The Bertz CT molecular complexity index is 593. The Hall–Kier alpha value is -2.30. The van der Waals surface area contributed by atoms with E-state index in [0.717, 1.165) is 0 Å². The second kappa shape index (κ2) is 4.29. The summed E-state index contributed by atoms with van der Waals surface area (Å²) in [5.41, 5.74) is 1.02. The van der Waals surface area contributed by atoms with Crippen LogP contribution in [0, 0.1) is 6.92 Å². The Morgan fingerprint density at radius 2 is 1.94 bits per heavy atom. The van der Waals surface area contributed by atoms with Gasteiger partial charge in [0, 0.05) is 5.69 Å². The maximum atomic E-state index is 11.8. The van der Waals surface area contributed by atoms with E-state index in [1.165, 1.54) is 4.68 Å². The predicted molar refractivity (Wildman–Crippen MR) is 63.1 cm³/mol. The zero-order chi connectivity index (χ0) is 12.4. The molecular weight excluding hydrogens is 220 g/mol. The molecule has 0 saturated carbocycles. The van der Waals surface area contributed by atoms with E-state index in [1.54, 1.807) is 38.3 Å². The second-order valence-corrected chi connectivity index (χ2v) is 3.61. The van der Waals surface area contributed by atoms with Gasteiger partial charge in [-0.15, -0.1) is 0 Å². The van der Waals surface area contributed by atoms with Crippen molar-refractivity contribution in [2.45, 2.75) is 6.92 Å². The van der Waals surface area contributed by atoms with E-state index in [9.17, 15) is 9.59 Å². The number of carbonyl (C=O) groups excluding carboxylic acids is 1. The summed E-state index contributed by atoms with van der Waals surface area (Å²) in [6.07, 6.45) is 0.564. The number of nitrogens with zero attached hydrogens (tertiary/aromatic N) is 1. The van der Waals surface area contributed by atoms with Crippen LogP contribution in [0.25, 0.3) is 5.69 Å². The molecule has 1 heterocycles. The van der Waals surface area contributed by atoms with E-state index in [4.69, 9.17) is 4.74 Å². The molecule has 0 fully saturated rings. The average molecular weight is 232 g/mol. The highest BCUT2D eigenvalue weighted by atomic mass is 16.5. The SMILES string of the molecule is COc1ccc(-n2[nH]c(C)c(C=O)c2=O)cc1. The molecular formula is C12H12N2O3. The molecule has 1 N–H and O–H groups in total. The maximum Gasteiger partial charge on any atom is 0.282 e. The van der Waals surface area contributed by atoms with Crippen LogP contribution in [0.15, 0.2) is 29.1 Å². The zero-order valence-corrected chi connectivity index (χ0v) is 9.56. The smallest absolute Gasteiger partial charge is 0.282 e. The van der Waals surface area contributed by atoms with Crippen LogP contribution < -0.4 is 10.3 Å². The van der Waals surface area contributed by atoms with Crippen LogP contribution in [0.5, 0.6) is 5.75 Å². The molecule has 0 amide bonds. The van der Waals surface area contributed by atoms with E-state index in [2.05, 4.69) is 5.10 Å². The van der Waals surface area contributed by atoms with Gasteiger partial charge in [-0.05, 0) is 31.2 Å². The standard InChI is InChI=1S/C12H12N2O3/c1-8-11(7-15)12(16)14(13-8)9-3-5-10(17-2)6-4-9/h3-7,13H,1-2H3. The Labute approximate surface area is 97.6 Å². The number of aryl methyl sites for hydroxylation is 1. The van der Waals surface area contributed by atoms with E-state index >= 15 is 0 Å². The number of rotatable bonds is 3. The first-order chi connectivity index (χ1) is 8.17. The lowest BCUT2D eigenvalue weighted by atomic mass is 10.3. The number of hydrogen-bond acceptors (Lipinski definition) is 3.